The van der Waals surface area contributed by atoms with Gasteiger partial charge in [-0.3, -0.25) is 4.99 Å². The monoisotopic (exact) mass is 333 g/mol. The number of aliphatic imine (C=N–C) groups is 1. The molecule has 0 fully saturated rings. The zero-order valence-electron chi connectivity index (χ0n) is 13.8. The largest absolute Gasteiger partial charge is 0.356 e. The molecule has 3 rings (SSSR count). The molecule has 1 aliphatic heterocycles. The molecule has 2 aromatic heterocycles. The first-order chi connectivity index (χ1) is 11.1. The number of hydrogen-bond donors (Lipinski definition) is 2. The van der Waals surface area contributed by atoms with E-state index in [2.05, 4.69) is 37.6 Å². The minimum atomic E-state index is 0.330. The molecule has 0 aliphatic carbocycles. The average molecular weight is 333 g/mol. The van der Waals surface area contributed by atoms with E-state index in [9.17, 15) is 0 Å². The predicted octanol–water partition coefficient (Wildman–Crippen LogP) is 1.07. The molecule has 0 radical (unpaired) electrons. The van der Waals surface area contributed by atoms with E-state index < -0.39 is 0 Å². The molecule has 1 unspecified atom stereocenters. The van der Waals surface area contributed by atoms with Crippen molar-refractivity contribution in [3.8, 4) is 0 Å². The van der Waals surface area contributed by atoms with Crippen LogP contribution in [0.1, 0.15) is 28.0 Å². The maximum atomic E-state index is 4.44. The van der Waals surface area contributed by atoms with E-state index in [0.717, 1.165) is 55.0 Å². The summed E-state index contributed by atoms with van der Waals surface area (Å²) in [5.41, 5.74) is 0. The van der Waals surface area contributed by atoms with Crippen molar-refractivity contribution in [1.82, 2.24) is 30.4 Å². The second-order valence-electron chi connectivity index (χ2n) is 5.75. The van der Waals surface area contributed by atoms with E-state index in [1.807, 2.05) is 17.8 Å². The van der Waals surface area contributed by atoms with Gasteiger partial charge < -0.3 is 10.6 Å². The number of nitrogens with zero attached hydrogens (tertiary/aromatic N) is 5. The van der Waals surface area contributed by atoms with Gasteiger partial charge in [0.05, 0.1) is 11.6 Å². The Morgan fingerprint density at radius 3 is 3.09 bits per heavy atom. The summed E-state index contributed by atoms with van der Waals surface area (Å²) in [5.74, 6) is 2.77. The van der Waals surface area contributed by atoms with Crippen molar-refractivity contribution in [2.45, 2.75) is 45.7 Å². The first kappa shape index (κ1) is 15.9. The molecule has 8 heteroatoms. The maximum Gasteiger partial charge on any atom is 0.191 e. The highest BCUT2D eigenvalue weighted by Crippen LogP contribution is 2.13. The van der Waals surface area contributed by atoms with E-state index in [-0.39, 0.29) is 0 Å². The van der Waals surface area contributed by atoms with Crippen molar-refractivity contribution in [2.75, 3.05) is 13.6 Å². The lowest BCUT2D eigenvalue weighted by Gasteiger charge is -2.25. The van der Waals surface area contributed by atoms with Crippen LogP contribution in [0.15, 0.2) is 11.2 Å². The maximum absolute atomic E-state index is 4.44. The molecule has 3 heterocycles. The van der Waals surface area contributed by atoms with E-state index in [4.69, 9.17) is 0 Å². The Bertz CT molecular complexity index is 688. The van der Waals surface area contributed by atoms with Gasteiger partial charge in [-0.15, -0.1) is 11.3 Å². The van der Waals surface area contributed by atoms with Crippen LogP contribution in [0, 0.1) is 13.8 Å². The van der Waals surface area contributed by atoms with E-state index in [1.54, 1.807) is 18.4 Å². The number of fused-ring (bicyclic) bond motifs is 1. The van der Waals surface area contributed by atoms with Gasteiger partial charge in [0.25, 0.3) is 0 Å². The molecule has 1 aliphatic rings. The lowest BCUT2D eigenvalue weighted by Crippen LogP contribution is -2.47. The topological polar surface area (TPSA) is 80.0 Å². The molecule has 0 aromatic carbocycles. The lowest BCUT2D eigenvalue weighted by molar-refractivity contribution is 0.392. The van der Waals surface area contributed by atoms with Gasteiger partial charge in [-0.1, -0.05) is 0 Å². The van der Waals surface area contributed by atoms with Crippen molar-refractivity contribution < 1.29 is 0 Å². The molecule has 23 heavy (non-hydrogen) atoms. The number of aryl methyl sites for hydroxylation is 3. The Morgan fingerprint density at radius 2 is 2.35 bits per heavy atom. The van der Waals surface area contributed by atoms with Gasteiger partial charge >= 0.3 is 0 Å². The van der Waals surface area contributed by atoms with Crippen LogP contribution in [0.4, 0.5) is 0 Å². The smallest absolute Gasteiger partial charge is 0.191 e. The molecule has 2 aromatic rings. The van der Waals surface area contributed by atoms with Crippen molar-refractivity contribution in [1.29, 1.82) is 0 Å². The van der Waals surface area contributed by atoms with Gasteiger partial charge in [0.2, 0.25) is 0 Å². The summed E-state index contributed by atoms with van der Waals surface area (Å²) in [6.45, 7) is 5.68. The number of thiazole rings is 1. The first-order valence-corrected chi connectivity index (χ1v) is 8.74. The number of rotatable bonds is 4. The normalized spacial score (nSPS) is 17.9. The van der Waals surface area contributed by atoms with Crippen LogP contribution < -0.4 is 10.6 Å². The Hall–Kier alpha value is -1.96. The Kier molecular flexibility index (Phi) is 4.90. The number of aromatic nitrogens is 4. The molecule has 0 amide bonds. The third kappa shape index (κ3) is 4.07. The molecule has 0 saturated carbocycles. The minimum Gasteiger partial charge on any atom is -0.356 e. The molecule has 7 nitrogen and oxygen atoms in total. The van der Waals surface area contributed by atoms with Gasteiger partial charge in [-0.2, -0.15) is 5.10 Å². The van der Waals surface area contributed by atoms with Gasteiger partial charge in [0.1, 0.15) is 11.6 Å². The highest BCUT2D eigenvalue weighted by molar-refractivity contribution is 7.11. The summed E-state index contributed by atoms with van der Waals surface area (Å²) < 4.78 is 2.00. The van der Waals surface area contributed by atoms with Gasteiger partial charge in [-0.05, 0) is 20.3 Å². The lowest BCUT2D eigenvalue weighted by atomic mass is 10.1. The second-order valence-corrected chi connectivity index (χ2v) is 7.07. The molecule has 1 atom stereocenters. The predicted molar refractivity (Wildman–Crippen MR) is 91.9 cm³/mol. The van der Waals surface area contributed by atoms with Gasteiger partial charge in [0, 0.05) is 43.5 Å². The zero-order valence-corrected chi connectivity index (χ0v) is 14.7. The first-order valence-electron chi connectivity index (χ1n) is 7.93. The number of nitrogens with one attached hydrogen (secondary N) is 2. The summed E-state index contributed by atoms with van der Waals surface area (Å²) >= 11 is 1.75. The minimum absolute atomic E-state index is 0.330. The van der Waals surface area contributed by atoms with E-state index in [0.29, 0.717) is 6.04 Å². The van der Waals surface area contributed by atoms with Crippen LogP contribution in [-0.4, -0.2) is 45.3 Å². The van der Waals surface area contributed by atoms with Crippen LogP contribution >= 0.6 is 11.3 Å². The van der Waals surface area contributed by atoms with Crippen LogP contribution in [0.25, 0.3) is 0 Å². The highest BCUT2D eigenvalue weighted by Gasteiger charge is 2.21. The summed E-state index contributed by atoms with van der Waals surface area (Å²) in [4.78, 5) is 14.4. The number of guanidine groups is 1. The van der Waals surface area contributed by atoms with Crippen molar-refractivity contribution in [3.63, 3.8) is 0 Å². The fourth-order valence-electron chi connectivity index (χ4n) is 2.74. The molecule has 2 N–H and O–H groups in total. The fourth-order valence-corrected chi connectivity index (χ4v) is 3.53. The molecular formula is C15H23N7S. The standard InChI is InChI=1S/C15H23N7S/c1-10-8-18-14(23-10)6-7-17-15(16-3)20-12-4-5-13-19-11(2)21-22(13)9-12/h8,12H,4-7,9H2,1-3H3,(H2,16,17,20). The van der Waals surface area contributed by atoms with Crippen LogP contribution in [-0.2, 0) is 19.4 Å². The highest BCUT2D eigenvalue weighted by atomic mass is 32.1. The quantitative estimate of drug-likeness (QED) is 0.646. The van der Waals surface area contributed by atoms with Gasteiger partial charge in [-0.25, -0.2) is 14.6 Å². The zero-order chi connectivity index (χ0) is 16.2. The Labute approximate surface area is 140 Å². The Balaban J connectivity index is 1.48. The van der Waals surface area contributed by atoms with Crippen LogP contribution in [0.5, 0.6) is 0 Å². The summed E-state index contributed by atoms with van der Waals surface area (Å²) in [6, 6.07) is 0.330. The molecular weight excluding hydrogens is 310 g/mol. The SMILES string of the molecule is CN=C(NCCc1ncc(C)s1)NC1CCc2nc(C)nn2C1. The summed E-state index contributed by atoms with van der Waals surface area (Å²) in [7, 11) is 1.80. The number of hydrogen-bond acceptors (Lipinski definition) is 5. The molecule has 124 valence electrons. The third-order valence-electron chi connectivity index (χ3n) is 3.83. The third-order valence-corrected chi connectivity index (χ3v) is 4.80. The molecule has 0 spiro atoms. The fraction of sp³-hybridized carbons (Fsp3) is 0.600. The molecule has 0 saturated heterocycles. The van der Waals surface area contributed by atoms with Crippen molar-refractivity contribution in [3.05, 3.63) is 27.7 Å². The van der Waals surface area contributed by atoms with E-state index in [1.165, 1.54) is 4.88 Å². The summed E-state index contributed by atoms with van der Waals surface area (Å²) in [5, 5.41) is 12.4. The summed E-state index contributed by atoms with van der Waals surface area (Å²) in [6.07, 6.45) is 4.83. The second kappa shape index (κ2) is 7.08. The molecule has 0 bridgehead atoms. The Morgan fingerprint density at radius 1 is 1.48 bits per heavy atom. The van der Waals surface area contributed by atoms with Crippen LogP contribution in [0.2, 0.25) is 0 Å². The van der Waals surface area contributed by atoms with E-state index >= 15 is 0 Å². The van der Waals surface area contributed by atoms with Crippen LogP contribution in [0.3, 0.4) is 0 Å². The van der Waals surface area contributed by atoms with Gasteiger partial charge in [0.15, 0.2) is 5.96 Å². The van der Waals surface area contributed by atoms with Crippen molar-refractivity contribution >= 4 is 17.3 Å². The van der Waals surface area contributed by atoms with Crippen molar-refractivity contribution in [2.24, 2.45) is 4.99 Å². The average Bonchev–Trinajstić information content (AvgIpc) is 3.10.